The molecule has 12 heteroatoms. The van der Waals surface area contributed by atoms with Crippen molar-refractivity contribution in [2.24, 2.45) is 0 Å². The fraction of sp³-hybridized carbons (Fsp3) is 0.0667. The third-order valence-electron chi connectivity index (χ3n) is 3.22. The van der Waals surface area contributed by atoms with Crippen LogP contribution in [0.1, 0.15) is 0 Å². The van der Waals surface area contributed by atoms with E-state index in [9.17, 15) is 4.79 Å². The van der Waals surface area contributed by atoms with Crippen LogP contribution in [0.15, 0.2) is 35.5 Å². The second-order valence-corrected chi connectivity index (χ2v) is 7.98. The number of tetrazole rings is 1. The molecule has 3 aromatic rings. The van der Waals surface area contributed by atoms with Gasteiger partial charge in [0, 0.05) is 5.02 Å². The van der Waals surface area contributed by atoms with Crippen molar-refractivity contribution >= 4 is 81.4 Å². The number of carbonyl (C=O) groups excluding carboxylic acids is 1. The fourth-order valence-corrected chi connectivity index (χ4v) is 3.72. The van der Waals surface area contributed by atoms with E-state index in [1.165, 1.54) is 10.7 Å². The minimum atomic E-state index is -0.382. The van der Waals surface area contributed by atoms with Crippen LogP contribution in [0.4, 0.5) is 5.69 Å². The SMILES string of the molecule is O=C(CSc1nnnn1-c1ccc(Cl)cc1)Nc1c(Cl)c(Cl)cc(Cl)c1Cl. The maximum absolute atomic E-state index is 12.3. The van der Waals surface area contributed by atoms with Crippen molar-refractivity contribution in [2.45, 2.75) is 5.16 Å². The van der Waals surface area contributed by atoms with E-state index in [1.54, 1.807) is 24.3 Å². The predicted molar refractivity (Wildman–Crippen MR) is 110 cm³/mol. The summed E-state index contributed by atoms with van der Waals surface area (Å²) in [5.41, 5.74) is 0.860. The number of hydrogen-bond donors (Lipinski definition) is 1. The monoisotopic (exact) mass is 481 g/mol. The van der Waals surface area contributed by atoms with Gasteiger partial charge in [0.25, 0.3) is 0 Å². The summed E-state index contributed by atoms with van der Waals surface area (Å²) in [7, 11) is 0. The van der Waals surface area contributed by atoms with Gasteiger partial charge in [-0.3, -0.25) is 4.79 Å². The van der Waals surface area contributed by atoms with E-state index < -0.39 is 0 Å². The molecule has 1 aromatic heterocycles. The Kier molecular flexibility index (Phi) is 6.73. The Morgan fingerprint density at radius 1 is 1.04 bits per heavy atom. The van der Waals surface area contributed by atoms with Gasteiger partial charge in [-0.05, 0) is 40.8 Å². The number of nitrogens with zero attached hydrogens (tertiary/aromatic N) is 4. The Labute approximate surface area is 183 Å². The van der Waals surface area contributed by atoms with E-state index in [2.05, 4.69) is 20.8 Å². The third kappa shape index (κ3) is 4.80. The number of rotatable bonds is 5. The topological polar surface area (TPSA) is 72.7 Å². The Morgan fingerprint density at radius 2 is 1.67 bits per heavy atom. The standard InChI is InChI=1S/C15H8Cl5N5OS/c16-7-1-3-8(4-2-7)25-15(22-23-24-25)27-6-11(26)21-14-12(19)9(17)5-10(18)13(14)20/h1-5H,6H2,(H,21,26). The lowest BCUT2D eigenvalue weighted by Gasteiger charge is -2.11. The number of thioether (sulfide) groups is 1. The lowest BCUT2D eigenvalue weighted by atomic mass is 10.3. The molecule has 0 aliphatic carbocycles. The second-order valence-electron chi connectivity index (χ2n) is 5.03. The number of amides is 1. The molecule has 1 amide bonds. The van der Waals surface area contributed by atoms with E-state index in [4.69, 9.17) is 58.0 Å². The molecule has 140 valence electrons. The van der Waals surface area contributed by atoms with E-state index in [1.807, 2.05) is 0 Å². The summed E-state index contributed by atoms with van der Waals surface area (Å²) in [6, 6.07) is 8.35. The summed E-state index contributed by atoms with van der Waals surface area (Å²) >= 11 is 31.1. The van der Waals surface area contributed by atoms with Gasteiger partial charge in [-0.25, -0.2) is 0 Å². The van der Waals surface area contributed by atoms with Crippen molar-refractivity contribution in [3.8, 4) is 5.69 Å². The van der Waals surface area contributed by atoms with Gasteiger partial charge in [-0.2, -0.15) is 4.68 Å². The second kappa shape index (κ2) is 8.86. The highest BCUT2D eigenvalue weighted by molar-refractivity contribution is 7.99. The summed E-state index contributed by atoms with van der Waals surface area (Å²) in [5.74, 6) is -0.377. The van der Waals surface area contributed by atoms with E-state index in [0.29, 0.717) is 15.9 Å². The highest BCUT2D eigenvalue weighted by Gasteiger charge is 2.17. The largest absolute Gasteiger partial charge is 0.323 e. The number of carbonyl (C=O) groups is 1. The molecule has 0 aliphatic rings. The molecule has 0 fully saturated rings. The minimum Gasteiger partial charge on any atom is -0.323 e. The Bertz CT molecular complexity index is 969. The maximum Gasteiger partial charge on any atom is 0.234 e. The lowest BCUT2D eigenvalue weighted by molar-refractivity contribution is -0.113. The van der Waals surface area contributed by atoms with Crippen molar-refractivity contribution in [2.75, 3.05) is 11.1 Å². The number of halogens is 5. The predicted octanol–water partition coefficient (Wildman–Crippen LogP) is 5.66. The van der Waals surface area contributed by atoms with Crippen LogP contribution in [0, 0.1) is 0 Å². The molecule has 0 radical (unpaired) electrons. The highest BCUT2D eigenvalue weighted by Crippen LogP contribution is 2.41. The van der Waals surface area contributed by atoms with Gasteiger partial charge in [0.2, 0.25) is 11.1 Å². The molecule has 2 aromatic carbocycles. The van der Waals surface area contributed by atoms with Crippen LogP contribution in [-0.2, 0) is 4.79 Å². The average molecular weight is 484 g/mol. The van der Waals surface area contributed by atoms with Crippen LogP contribution in [0.2, 0.25) is 25.1 Å². The van der Waals surface area contributed by atoms with Crippen molar-refractivity contribution in [3.63, 3.8) is 0 Å². The summed E-state index contributed by atoms with van der Waals surface area (Å²) < 4.78 is 1.49. The van der Waals surface area contributed by atoms with Gasteiger partial charge in [0.15, 0.2) is 0 Å². The van der Waals surface area contributed by atoms with Crippen molar-refractivity contribution in [1.82, 2.24) is 20.2 Å². The minimum absolute atomic E-state index is 0.00472. The van der Waals surface area contributed by atoms with Crippen LogP contribution in [-0.4, -0.2) is 31.9 Å². The Balaban J connectivity index is 1.71. The van der Waals surface area contributed by atoms with Crippen molar-refractivity contribution in [3.05, 3.63) is 55.4 Å². The van der Waals surface area contributed by atoms with Gasteiger partial charge >= 0.3 is 0 Å². The molecule has 3 rings (SSSR count). The molecule has 0 spiro atoms. The molecule has 0 atom stereocenters. The molecule has 0 bridgehead atoms. The number of hydrogen-bond acceptors (Lipinski definition) is 5. The van der Waals surface area contributed by atoms with Gasteiger partial charge in [0.05, 0.1) is 37.2 Å². The first kappa shape index (κ1) is 20.5. The molecule has 1 N–H and O–H groups in total. The van der Waals surface area contributed by atoms with E-state index >= 15 is 0 Å². The summed E-state index contributed by atoms with van der Waals surface area (Å²) in [6.45, 7) is 0. The summed E-state index contributed by atoms with van der Waals surface area (Å²) in [5, 5.41) is 15.7. The molecule has 0 saturated heterocycles. The van der Waals surface area contributed by atoms with E-state index in [-0.39, 0.29) is 37.4 Å². The maximum atomic E-state index is 12.3. The third-order valence-corrected chi connectivity index (χ3v) is 5.97. The molecular formula is C15H8Cl5N5OS. The normalized spacial score (nSPS) is 10.9. The van der Waals surface area contributed by atoms with Crippen LogP contribution in [0.5, 0.6) is 0 Å². The molecule has 0 aliphatic heterocycles. The van der Waals surface area contributed by atoms with Crippen molar-refractivity contribution in [1.29, 1.82) is 0 Å². The van der Waals surface area contributed by atoms with Crippen LogP contribution in [0.25, 0.3) is 5.69 Å². The zero-order chi connectivity index (χ0) is 19.6. The number of aromatic nitrogens is 4. The summed E-state index contributed by atoms with van der Waals surface area (Å²) in [4.78, 5) is 12.3. The first-order valence-corrected chi connectivity index (χ1v) is 10.0. The molecular weight excluding hydrogens is 476 g/mol. The number of nitrogens with one attached hydrogen (secondary N) is 1. The molecule has 27 heavy (non-hydrogen) atoms. The molecule has 1 heterocycles. The van der Waals surface area contributed by atoms with Crippen molar-refractivity contribution < 1.29 is 4.79 Å². The van der Waals surface area contributed by atoms with Gasteiger partial charge in [0.1, 0.15) is 0 Å². The quantitative estimate of drug-likeness (QED) is 0.374. The highest BCUT2D eigenvalue weighted by atomic mass is 35.5. The fourth-order valence-electron chi connectivity index (χ4n) is 2.00. The lowest BCUT2D eigenvalue weighted by Crippen LogP contribution is -2.15. The van der Waals surface area contributed by atoms with E-state index in [0.717, 1.165) is 11.8 Å². The zero-order valence-electron chi connectivity index (χ0n) is 13.1. The number of anilines is 1. The van der Waals surface area contributed by atoms with Gasteiger partial charge in [-0.1, -0.05) is 69.8 Å². The zero-order valence-corrected chi connectivity index (χ0v) is 17.7. The van der Waals surface area contributed by atoms with Gasteiger partial charge in [-0.15, -0.1) is 5.10 Å². The van der Waals surface area contributed by atoms with Gasteiger partial charge < -0.3 is 5.32 Å². The van der Waals surface area contributed by atoms with Crippen LogP contribution in [0.3, 0.4) is 0 Å². The Morgan fingerprint density at radius 3 is 2.30 bits per heavy atom. The number of benzene rings is 2. The molecule has 0 saturated carbocycles. The first-order valence-electron chi connectivity index (χ1n) is 7.16. The molecule has 0 unspecified atom stereocenters. The van der Waals surface area contributed by atoms with Crippen LogP contribution >= 0.6 is 69.8 Å². The summed E-state index contributed by atoms with van der Waals surface area (Å²) in [6.07, 6.45) is 0. The smallest absolute Gasteiger partial charge is 0.234 e. The Hall–Kier alpha value is -1.22. The van der Waals surface area contributed by atoms with Crippen LogP contribution < -0.4 is 5.32 Å². The first-order chi connectivity index (χ1) is 12.9. The average Bonchev–Trinajstić information content (AvgIpc) is 3.11. The molecule has 6 nitrogen and oxygen atoms in total.